The van der Waals surface area contributed by atoms with Gasteiger partial charge in [0.05, 0.1) is 18.6 Å². The first-order chi connectivity index (χ1) is 12.3. The van der Waals surface area contributed by atoms with Gasteiger partial charge in [-0.2, -0.15) is 4.31 Å². The summed E-state index contributed by atoms with van der Waals surface area (Å²) in [5, 5.41) is 0. The molecule has 0 radical (unpaired) electrons. The summed E-state index contributed by atoms with van der Waals surface area (Å²) < 4.78 is 32.3. The molecule has 0 unspecified atom stereocenters. The van der Waals surface area contributed by atoms with E-state index >= 15 is 0 Å². The Morgan fingerprint density at radius 1 is 1.12 bits per heavy atom. The van der Waals surface area contributed by atoms with Crippen molar-refractivity contribution in [2.24, 2.45) is 0 Å². The molecule has 0 aliphatic carbocycles. The van der Waals surface area contributed by atoms with Crippen LogP contribution >= 0.6 is 0 Å². The summed E-state index contributed by atoms with van der Waals surface area (Å²) >= 11 is 0. The smallest absolute Gasteiger partial charge is 0.244 e. The Bertz CT molecular complexity index is 918. The molecule has 0 spiro atoms. The van der Waals surface area contributed by atoms with E-state index in [0.717, 1.165) is 22.4 Å². The van der Waals surface area contributed by atoms with Crippen LogP contribution in [0.15, 0.2) is 65.6 Å². The molecule has 26 heavy (non-hydrogen) atoms. The molecule has 0 aliphatic heterocycles. The topological polar surface area (TPSA) is 46.6 Å². The van der Waals surface area contributed by atoms with Gasteiger partial charge in [-0.1, -0.05) is 41.7 Å². The number of benzene rings is 2. The zero-order valence-electron chi connectivity index (χ0n) is 15.3. The molecule has 0 N–H and O–H groups in total. The van der Waals surface area contributed by atoms with Crippen LogP contribution in [0.5, 0.6) is 5.75 Å². The van der Waals surface area contributed by atoms with Crippen LogP contribution in [0.4, 0.5) is 0 Å². The molecule has 2 rings (SSSR count). The van der Waals surface area contributed by atoms with Gasteiger partial charge < -0.3 is 4.74 Å². The van der Waals surface area contributed by atoms with Crippen molar-refractivity contribution in [1.82, 2.24) is 4.31 Å². The van der Waals surface area contributed by atoms with Crippen LogP contribution in [0.2, 0.25) is 0 Å². The van der Waals surface area contributed by atoms with Crippen LogP contribution in [0.3, 0.4) is 0 Å². The SMILES string of the molecule is C=C(C)CN(CC#Cc1ccc(OC)cc1)S(=O)(=O)c1ccc(C)cc1. The summed E-state index contributed by atoms with van der Waals surface area (Å²) in [6, 6.07) is 14.1. The van der Waals surface area contributed by atoms with Gasteiger partial charge >= 0.3 is 0 Å². The predicted octanol–water partition coefficient (Wildman–Crippen LogP) is 3.62. The first kappa shape index (κ1) is 19.8. The van der Waals surface area contributed by atoms with Crippen molar-refractivity contribution in [3.8, 4) is 17.6 Å². The number of rotatable bonds is 6. The van der Waals surface area contributed by atoms with Gasteiger partial charge in [-0.3, -0.25) is 0 Å². The Kier molecular flexibility index (Phi) is 6.62. The molecule has 4 nitrogen and oxygen atoms in total. The van der Waals surface area contributed by atoms with Crippen LogP contribution in [0, 0.1) is 18.8 Å². The number of nitrogens with zero attached hydrogens (tertiary/aromatic N) is 1. The Morgan fingerprint density at radius 3 is 2.27 bits per heavy atom. The largest absolute Gasteiger partial charge is 0.497 e. The van der Waals surface area contributed by atoms with Crippen molar-refractivity contribution in [1.29, 1.82) is 0 Å². The Labute approximate surface area is 156 Å². The quantitative estimate of drug-likeness (QED) is 0.577. The second-order valence-corrected chi connectivity index (χ2v) is 8.01. The molecule has 2 aromatic rings. The second-order valence-electron chi connectivity index (χ2n) is 6.07. The van der Waals surface area contributed by atoms with Gasteiger partial charge in [0.15, 0.2) is 0 Å². The molecular weight excluding hydrogens is 346 g/mol. The van der Waals surface area contributed by atoms with Crippen LogP contribution in [0.1, 0.15) is 18.1 Å². The van der Waals surface area contributed by atoms with Gasteiger partial charge in [0, 0.05) is 12.1 Å². The third kappa shape index (κ3) is 5.22. The lowest BCUT2D eigenvalue weighted by Gasteiger charge is -2.20. The minimum Gasteiger partial charge on any atom is -0.497 e. The van der Waals surface area contributed by atoms with E-state index in [9.17, 15) is 8.42 Å². The summed E-state index contributed by atoms with van der Waals surface area (Å²) in [5.74, 6) is 6.69. The highest BCUT2D eigenvalue weighted by Gasteiger charge is 2.23. The normalized spacial score (nSPS) is 10.9. The molecule has 0 fully saturated rings. The Balaban J connectivity index is 2.23. The fraction of sp³-hybridized carbons (Fsp3) is 0.238. The number of aryl methyl sites for hydroxylation is 1. The third-order valence-electron chi connectivity index (χ3n) is 3.68. The highest BCUT2D eigenvalue weighted by atomic mass is 32.2. The standard InChI is InChI=1S/C21H23NO3S/c1-17(2)16-22(26(23,24)21-13-7-18(3)8-14-21)15-5-6-19-9-11-20(25-4)12-10-19/h7-14H,1,15-16H2,2-4H3. The van der Waals surface area contributed by atoms with Crippen molar-refractivity contribution in [3.63, 3.8) is 0 Å². The molecule has 0 saturated carbocycles. The lowest BCUT2D eigenvalue weighted by molar-refractivity contribution is 0.415. The van der Waals surface area contributed by atoms with Crippen LogP contribution < -0.4 is 4.74 Å². The van der Waals surface area contributed by atoms with Crippen LogP contribution in [0.25, 0.3) is 0 Å². The molecule has 0 saturated heterocycles. The van der Waals surface area contributed by atoms with E-state index in [1.807, 2.05) is 31.2 Å². The lowest BCUT2D eigenvalue weighted by atomic mass is 10.2. The zero-order valence-corrected chi connectivity index (χ0v) is 16.1. The fourth-order valence-corrected chi connectivity index (χ4v) is 3.69. The molecule has 0 aromatic heterocycles. The van der Waals surface area contributed by atoms with Crippen molar-refractivity contribution < 1.29 is 13.2 Å². The number of methoxy groups -OCH3 is 1. The average Bonchev–Trinajstić information content (AvgIpc) is 2.61. The maximum Gasteiger partial charge on any atom is 0.244 e. The van der Waals surface area contributed by atoms with Gasteiger partial charge in [0.25, 0.3) is 0 Å². The molecule has 0 heterocycles. The summed E-state index contributed by atoms with van der Waals surface area (Å²) in [5.41, 5.74) is 2.57. The number of ether oxygens (including phenoxy) is 1. The van der Waals surface area contributed by atoms with E-state index < -0.39 is 10.0 Å². The average molecular weight is 369 g/mol. The van der Waals surface area contributed by atoms with Crippen molar-refractivity contribution in [3.05, 3.63) is 71.8 Å². The van der Waals surface area contributed by atoms with E-state index in [1.54, 1.807) is 38.3 Å². The number of hydrogen-bond donors (Lipinski definition) is 0. The Morgan fingerprint density at radius 2 is 1.73 bits per heavy atom. The van der Waals surface area contributed by atoms with Gasteiger partial charge in [0.2, 0.25) is 10.0 Å². The first-order valence-corrected chi connectivity index (χ1v) is 9.61. The summed E-state index contributed by atoms with van der Waals surface area (Å²) in [6.45, 7) is 7.87. The van der Waals surface area contributed by atoms with Crippen molar-refractivity contribution >= 4 is 10.0 Å². The molecule has 0 aliphatic rings. The fourth-order valence-electron chi connectivity index (χ4n) is 2.29. The maximum absolute atomic E-state index is 12.9. The lowest BCUT2D eigenvalue weighted by Crippen LogP contribution is -2.32. The minimum atomic E-state index is -3.63. The van der Waals surface area contributed by atoms with E-state index in [4.69, 9.17) is 4.74 Å². The van der Waals surface area contributed by atoms with Gasteiger partial charge in [-0.15, -0.1) is 0 Å². The van der Waals surface area contributed by atoms with Gasteiger partial charge in [-0.25, -0.2) is 8.42 Å². The second kappa shape index (κ2) is 8.70. The van der Waals surface area contributed by atoms with Crippen LogP contribution in [-0.4, -0.2) is 32.9 Å². The zero-order chi connectivity index (χ0) is 19.2. The molecule has 0 amide bonds. The molecule has 136 valence electrons. The van der Waals surface area contributed by atoms with E-state index in [2.05, 4.69) is 18.4 Å². The molecular formula is C21H23NO3S. The van der Waals surface area contributed by atoms with Crippen molar-refractivity contribution in [2.45, 2.75) is 18.7 Å². The Hall–Kier alpha value is -2.55. The molecule has 0 atom stereocenters. The molecule has 5 heteroatoms. The third-order valence-corrected chi connectivity index (χ3v) is 5.49. The van der Waals surface area contributed by atoms with Gasteiger partial charge in [-0.05, 0) is 50.2 Å². The maximum atomic E-state index is 12.9. The predicted molar refractivity (Wildman–Crippen MR) is 105 cm³/mol. The number of hydrogen-bond acceptors (Lipinski definition) is 3. The van der Waals surface area contributed by atoms with E-state index in [-0.39, 0.29) is 18.0 Å². The highest BCUT2D eigenvalue weighted by molar-refractivity contribution is 7.89. The number of sulfonamides is 1. The first-order valence-electron chi connectivity index (χ1n) is 8.17. The van der Waals surface area contributed by atoms with Crippen LogP contribution in [-0.2, 0) is 10.0 Å². The summed E-state index contributed by atoms with van der Waals surface area (Å²) in [4.78, 5) is 0.260. The molecule has 2 aromatic carbocycles. The summed E-state index contributed by atoms with van der Waals surface area (Å²) in [6.07, 6.45) is 0. The van der Waals surface area contributed by atoms with Crippen molar-refractivity contribution in [2.75, 3.05) is 20.2 Å². The summed E-state index contributed by atoms with van der Waals surface area (Å²) in [7, 11) is -2.02. The van der Waals surface area contributed by atoms with E-state index in [0.29, 0.717) is 0 Å². The van der Waals surface area contributed by atoms with E-state index in [1.165, 1.54) is 4.31 Å². The monoisotopic (exact) mass is 369 g/mol. The minimum absolute atomic E-state index is 0.0924. The molecule has 0 bridgehead atoms. The van der Waals surface area contributed by atoms with Gasteiger partial charge in [0.1, 0.15) is 5.75 Å². The highest BCUT2D eigenvalue weighted by Crippen LogP contribution is 2.17.